The normalized spacial score (nSPS) is 18.9. The molecule has 4 nitrogen and oxygen atoms in total. The van der Waals surface area contributed by atoms with Crippen molar-refractivity contribution in [2.24, 2.45) is 5.92 Å². The number of rotatable bonds is 3. The first-order valence-electron chi connectivity index (χ1n) is 6.20. The van der Waals surface area contributed by atoms with E-state index < -0.39 is 23.5 Å². The minimum Gasteiger partial charge on any atom is -0.430 e. The maximum atomic E-state index is 11.9. The fourth-order valence-corrected chi connectivity index (χ4v) is 1.86. The summed E-state index contributed by atoms with van der Waals surface area (Å²) in [6, 6.07) is 7.53. The lowest BCUT2D eigenvalue weighted by molar-refractivity contribution is -0.151. The minimum atomic E-state index is -1.37. The van der Waals surface area contributed by atoms with E-state index in [0.717, 1.165) is 11.1 Å². The number of allylic oxidation sites excluding steroid dienone is 3. The number of cyclic esters (lactones) is 1. The van der Waals surface area contributed by atoms with Crippen molar-refractivity contribution < 1.29 is 19.1 Å². The van der Waals surface area contributed by atoms with E-state index >= 15 is 0 Å². The number of esters is 1. The second kappa shape index (κ2) is 5.65. The summed E-state index contributed by atoms with van der Waals surface area (Å²) in [6.07, 6.45) is 3.99. The molecule has 1 aliphatic rings. The standard InChI is InChI=1S/C16H14O4/c1-10-3-5-12(6-4-10)7-8-13(17)15-14(18)9-11(2)20-16(15)19/h3-9,15H,1-2H3/b8-7-/t15-/m1/s1. The molecule has 0 aromatic heterocycles. The molecular formula is C16H14O4. The number of aryl methyl sites for hydroxylation is 1. The molecule has 0 fully saturated rings. The van der Waals surface area contributed by atoms with Gasteiger partial charge in [-0.1, -0.05) is 35.9 Å². The van der Waals surface area contributed by atoms with Crippen molar-refractivity contribution >= 4 is 23.6 Å². The van der Waals surface area contributed by atoms with Crippen LogP contribution < -0.4 is 0 Å². The number of ketones is 2. The lowest BCUT2D eigenvalue weighted by Crippen LogP contribution is -2.34. The Labute approximate surface area is 116 Å². The topological polar surface area (TPSA) is 60.4 Å². The Kier molecular flexibility index (Phi) is 3.94. The van der Waals surface area contributed by atoms with Crippen LogP contribution in [0.25, 0.3) is 6.08 Å². The molecule has 2 rings (SSSR count). The summed E-state index contributed by atoms with van der Waals surface area (Å²) in [4.78, 5) is 35.2. The zero-order valence-electron chi connectivity index (χ0n) is 11.3. The molecule has 1 aromatic carbocycles. The average Bonchev–Trinajstić information content (AvgIpc) is 2.37. The highest BCUT2D eigenvalue weighted by Gasteiger charge is 2.36. The first kappa shape index (κ1) is 13.9. The van der Waals surface area contributed by atoms with Gasteiger partial charge >= 0.3 is 5.97 Å². The number of benzene rings is 1. The van der Waals surface area contributed by atoms with Crippen molar-refractivity contribution in [2.75, 3.05) is 0 Å². The third-order valence-corrected chi connectivity index (χ3v) is 2.93. The SMILES string of the molecule is CC1=CC(=O)[C@@H](C(=O)/C=C\c2ccc(C)cc2)C(=O)O1. The highest BCUT2D eigenvalue weighted by molar-refractivity contribution is 6.25. The van der Waals surface area contributed by atoms with Crippen LogP contribution >= 0.6 is 0 Å². The van der Waals surface area contributed by atoms with Gasteiger partial charge in [-0.25, -0.2) is 0 Å². The Hall–Kier alpha value is -2.49. The Morgan fingerprint density at radius 3 is 2.40 bits per heavy atom. The molecule has 0 amide bonds. The monoisotopic (exact) mass is 270 g/mol. The molecule has 0 bridgehead atoms. The molecular weight excluding hydrogens is 256 g/mol. The van der Waals surface area contributed by atoms with E-state index in [4.69, 9.17) is 4.74 Å². The summed E-state index contributed by atoms with van der Waals surface area (Å²) in [5, 5.41) is 0. The average molecular weight is 270 g/mol. The molecule has 0 radical (unpaired) electrons. The van der Waals surface area contributed by atoms with Gasteiger partial charge in [0.25, 0.3) is 0 Å². The second-order valence-corrected chi connectivity index (χ2v) is 4.66. The summed E-state index contributed by atoms with van der Waals surface area (Å²) in [5.41, 5.74) is 1.94. The second-order valence-electron chi connectivity index (χ2n) is 4.66. The maximum absolute atomic E-state index is 11.9. The maximum Gasteiger partial charge on any atom is 0.329 e. The molecule has 1 heterocycles. The predicted octanol–water partition coefficient (Wildman–Crippen LogP) is 2.22. The lowest BCUT2D eigenvalue weighted by Gasteiger charge is -2.15. The first-order valence-corrected chi connectivity index (χ1v) is 6.20. The Morgan fingerprint density at radius 1 is 1.15 bits per heavy atom. The summed E-state index contributed by atoms with van der Waals surface area (Å²) in [5.74, 6) is -3.07. The van der Waals surface area contributed by atoms with E-state index in [0.29, 0.717) is 0 Å². The molecule has 0 spiro atoms. The fraction of sp³-hybridized carbons (Fsp3) is 0.188. The van der Waals surface area contributed by atoms with Crippen LogP contribution in [0.5, 0.6) is 0 Å². The van der Waals surface area contributed by atoms with Gasteiger partial charge in [-0.15, -0.1) is 0 Å². The van der Waals surface area contributed by atoms with Crippen molar-refractivity contribution in [3.63, 3.8) is 0 Å². The van der Waals surface area contributed by atoms with E-state index in [9.17, 15) is 14.4 Å². The third kappa shape index (κ3) is 3.09. The van der Waals surface area contributed by atoms with Gasteiger partial charge in [0.15, 0.2) is 17.5 Å². The third-order valence-electron chi connectivity index (χ3n) is 2.93. The molecule has 4 heteroatoms. The molecule has 102 valence electrons. The molecule has 1 aliphatic heterocycles. The Balaban J connectivity index is 2.14. The molecule has 1 aromatic rings. The zero-order chi connectivity index (χ0) is 14.7. The van der Waals surface area contributed by atoms with Gasteiger partial charge < -0.3 is 4.74 Å². The van der Waals surface area contributed by atoms with Crippen molar-refractivity contribution in [1.29, 1.82) is 0 Å². The molecule has 0 N–H and O–H groups in total. The highest BCUT2D eigenvalue weighted by atomic mass is 16.5. The van der Waals surface area contributed by atoms with Crippen LogP contribution in [0.2, 0.25) is 0 Å². The molecule has 0 saturated heterocycles. The van der Waals surface area contributed by atoms with Gasteiger partial charge in [0.05, 0.1) is 0 Å². The van der Waals surface area contributed by atoms with E-state index in [1.54, 1.807) is 6.08 Å². The van der Waals surface area contributed by atoms with Gasteiger partial charge in [-0.2, -0.15) is 0 Å². The largest absolute Gasteiger partial charge is 0.430 e. The lowest BCUT2D eigenvalue weighted by atomic mass is 9.96. The van der Waals surface area contributed by atoms with Crippen molar-refractivity contribution in [2.45, 2.75) is 13.8 Å². The zero-order valence-corrected chi connectivity index (χ0v) is 11.3. The number of carbonyl (C=O) groups excluding carboxylic acids is 3. The van der Waals surface area contributed by atoms with Gasteiger partial charge in [0, 0.05) is 6.08 Å². The van der Waals surface area contributed by atoms with Crippen LogP contribution in [-0.4, -0.2) is 17.5 Å². The number of hydrogen-bond acceptors (Lipinski definition) is 4. The summed E-state index contributed by atoms with van der Waals surface area (Å²) >= 11 is 0. The highest BCUT2D eigenvalue weighted by Crippen LogP contribution is 2.16. The molecule has 1 atom stereocenters. The molecule has 0 unspecified atom stereocenters. The summed E-state index contributed by atoms with van der Waals surface area (Å²) < 4.78 is 4.80. The van der Waals surface area contributed by atoms with Crippen molar-refractivity contribution in [3.8, 4) is 0 Å². The Bertz CT molecular complexity index is 620. The van der Waals surface area contributed by atoms with Crippen LogP contribution in [0.3, 0.4) is 0 Å². The van der Waals surface area contributed by atoms with Crippen LogP contribution in [0, 0.1) is 12.8 Å². The van der Waals surface area contributed by atoms with E-state index in [1.807, 2.05) is 31.2 Å². The van der Waals surface area contributed by atoms with E-state index in [-0.39, 0.29) is 5.76 Å². The van der Waals surface area contributed by atoms with Crippen molar-refractivity contribution in [1.82, 2.24) is 0 Å². The van der Waals surface area contributed by atoms with Crippen LogP contribution in [-0.2, 0) is 19.1 Å². The van der Waals surface area contributed by atoms with E-state index in [2.05, 4.69) is 0 Å². The molecule has 0 aliphatic carbocycles. The Morgan fingerprint density at radius 2 is 1.80 bits per heavy atom. The number of hydrogen-bond donors (Lipinski definition) is 0. The molecule has 20 heavy (non-hydrogen) atoms. The fourth-order valence-electron chi connectivity index (χ4n) is 1.86. The van der Waals surface area contributed by atoms with Crippen LogP contribution in [0.4, 0.5) is 0 Å². The summed E-state index contributed by atoms with van der Waals surface area (Å²) in [6.45, 7) is 3.46. The van der Waals surface area contributed by atoms with Crippen molar-refractivity contribution in [3.05, 3.63) is 53.3 Å². The van der Waals surface area contributed by atoms with Crippen LogP contribution in [0.1, 0.15) is 18.1 Å². The first-order chi connectivity index (χ1) is 9.47. The van der Waals surface area contributed by atoms with E-state index in [1.165, 1.54) is 19.1 Å². The molecule has 0 saturated carbocycles. The smallest absolute Gasteiger partial charge is 0.329 e. The van der Waals surface area contributed by atoms with Gasteiger partial charge in [-0.3, -0.25) is 14.4 Å². The van der Waals surface area contributed by atoms with Gasteiger partial charge in [-0.05, 0) is 25.5 Å². The number of ether oxygens (including phenoxy) is 1. The van der Waals surface area contributed by atoms with Crippen LogP contribution in [0.15, 0.2) is 42.2 Å². The minimum absolute atomic E-state index is 0.214. The number of carbonyl (C=O) groups is 3. The van der Waals surface area contributed by atoms with Gasteiger partial charge in [0.2, 0.25) is 0 Å². The summed E-state index contributed by atoms with van der Waals surface area (Å²) in [7, 11) is 0. The predicted molar refractivity (Wildman–Crippen MR) is 73.6 cm³/mol. The quantitative estimate of drug-likeness (QED) is 0.480. The van der Waals surface area contributed by atoms with Gasteiger partial charge in [0.1, 0.15) is 5.76 Å².